The molecule has 2 unspecified atom stereocenters. The molecule has 1 nitrogen and oxygen atoms in total. The van der Waals surface area contributed by atoms with E-state index in [1.165, 1.54) is 0 Å². The van der Waals surface area contributed by atoms with E-state index in [1.54, 1.807) is 0 Å². The van der Waals surface area contributed by atoms with E-state index < -0.39 is 7.49 Å². The van der Waals surface area contributed by atoms with Gasteiger partial charge in [0.1, 0.15) is 0 Å². The smallest absolute Gasteiger partial charge is 0.0903 e. The third-order valence-electron chi connectivity index (χ3n) is 0.496. The second-order valence-electron chi connectivity index (χ2n) is 1.22. The largest absolute Gasteiger partial charge is 0.323 e. The summed E-state index contributed by atoms with van der Waals surface area (Å²) in [5.74, 6) is 0. The topological polar surface area (TPSA) is 17.1 Å². The predicted molar refractivity (Wildman–Crippen MR) is 33.9 cm³/mol. The molecule has 0 spiro atoms. The van der Waals surface area contributed by atoms with Gasteiger partial charge in [-0.1, -0.05) is 15.9 Å². The van der Waals surface area contributed by atoms with Crippen molar-refractivity contribution in [3.05, 3.63) is 0 Å². The molecule has 2 atom stereocenters. The van der Waals surface area contributed by atoms with Crippen LogP contribution in [0.1, 0.15) is 13.3 Å². The summed E-state index contributed by atoms with van der Waals surface area (Å²) in [6.45, 7) is 2.03. The molecule has 0 fully saturated rings. The van der Waals surface area contributed by atoms with Gasteiger partial charge in [0.05, 0.1) is 7.49 Å². The van der Waals surface area contributed by atoms with E-state index in [0.717, 1.165) is 12.6 Å². The Morgan fingerprint density at radius 2 is 2.33 bits per heavy atom. The quantitative estimate of drug-likeness (QED) is 0.512. The molecule has 0 bridgehead atoms. The van der Waals surface area contributed by atoms with Crippen LogP contribution in [0.15, 0.2) is 0 Å². The molecular formula is C3H10OP2. The molecule has 3 heteroatoms. The van der Waals surface area contributed by atoms with Gasteiger partial charge < -0.3 is 4.57 Å². The van der Waals surface area contributed by atoms with Crippen LogP contribution in [0.2, 0.25) is 0 Å². The fourth-order valence-corrected chi connectivity index (χ4v) is 1.61. The molecule has 6 heavy (non-hydrogen) atoms. The Balaban J connectivity index is 2.83. The van der Waals surface area contributed by atoms with Crippen molar-refractivity contribution in [3.8, 4) is 0 Å². The number of hydrogen-bond donors (Lipinski definition) is 0. The van der Waals surface area contributed by atoms with E-state index in [9.17, 15) is 4.57 Å². The van der Waals surface area contributed by atoms with Gasteiger partial charge in [-0.15, -0.1) is 0 Å². The third-order valence-corrected chi connectivity index (χ3v) is 2.36. The van der Waals surface area contributed by atoms with Crippen LogP contribution in [0.25, 0.3) is 0 Å². The summed E-state index contributed by atoms with van der Waals surface area (Å²) < 4.78 is 10.2. The van der Waals surface area contributed by atoms with E-state index in [0.29, 0.717) is 0 Å². The Morgan fingerprint density at radius 1 is 1.83 bits per heavy atom. The van der Waals surface area contributed by atoms with Crippen LogP contribution in [-0.2, 0) is 4.57 Å². The Labute approximate surface area is 41.4 Å². The maximum atomic E-state index is 10.2. The molecule has 38 valence electrons. The average molecular weight is 124 g/mol. The second-order valence-corrected chi connectivity index (χ2v) is 4.58. The molecule has 0 aliphatic heterocycles. The van der Waals surface area contributed by atoms with E-state index in [4.69, 9.17) is 0 Å². The predicted octanol–water partition coefficient (Wildman–Crippen LogP) is 1.75. The normalized spacial score (nSPS) is 14.3. The zero-order valence-corrected chi connectivity index (χ0v) is 6.05. The van der Waals surface area contributed by atoms with Crippen LogP contribution in [0, 0.1) is 0 Å². The Morgan fingerprint density at radius 3 is 2.33 bits per heavy atom. The molecule has 0 saturated carbocycles. The van der Waals surface area contributed by atoms with Gasteiger partial charge in [0.25, 0.3) is 0 Å². The lowest BCUT2D eigenvalue weighted by Crippen LogP contribution is -1.62. The van der Waals surface area contributed by atoms with Gasteiger partial charge in [0.2, 0.25) is 0 Å². The van der Waals surface area contributed by atoms with Crippen LogP contribution in [0.4, 0.5) is 0 Å². The summed E-state index contributed by atoms with van der Waals surface area (Å²) in [6.07, 6.45) is 1.93. The van der Waals surface area contributed by atoms with Crippen molar-refractivity contribution >= 4 is 16.4 Å². The number of hydrogen-bond acceptors (Lipinski definition) is 1. The van der Waals surface area contributed by atoms with E-state index in [1.807, 2.05) is 6.92 Å². The summed E-state index contributed by atoms with van der Waals surface area (Å²) in [4.78, 5) is 0. The molecule has 0 rings (SSSR count). The highest BCUT2D eigenvalue weighted by molar-refractivity contribution is 8.06. The zero-order chi connectivity index (χ0) is 4.99. The third kappa shape index (κ3) is 4.66. The van der Waals surface area contributed by atoms with Gasteiger partial charge in [-0.05, 0) is 6.42 Å². The Bertz CT molecular complexity index is 52.8. The summed E-state index contributed by atoms with van der Waals surface area (Å²) in [5, 5.41) is 0. The first kappa shape index (κ1) is 6.66. The molecule has 0 aromatic heterocycles. The molecule has 0 aromatic carbocycles. The van der Waals surface area contributed by atoms with Gasteiger partial charge in [0, 0.05) is 6.16 Å². The maximum absolute atomic E-state index is 10.2. The average Bonchev–Trinajstić information content (AvgIpc) is 1.35. The zero-order valence-electron chi connectivity index (χ0n) is 3.90. The van der Waals surface area contributed by atoms with Crippen molar-refractivity contribution in [2.45, 2.75) is 13.3 Å². The minimum Gasteiger partial charge on any atom is -0.323 e. The summed E-state index contributed by atoms with van der Waals surface area (Å²) in [6, 6.07) is 0. The second kappa shape index (κ2) is 3.84. The highest BCUT2D eigenvalue weighted by atomic mass is 32.0. The molecule has 0 aromatic rings. The van der Waals surface area contributed by atoms with E-state index in [2.05, 4.69) is 8.93 Å². The van der Waals surface area contributed by atoms with E-state index in [-0.39, 0.29) is 0 Å². The SMILES string of the molecule is CCC[PH](=O)P. The molecule has 0 aliphatic rings. The lowest BCUT2D eigenvalue weighted by atomic mass is 10.6. The molecule has 0 heterocycles. The van der Waals surface area contributed by atoms with Gasteiger partial charge in [0.15, 0.2) is 0 Å². The van der Waals surface area contributed by atoms with Gasteiger partial charge >= 0.3 is 0 Å². The Kier molecular flexibility index (Phi) is 4.26. The van der Waals surface area contributed by atoms with Crippen molar-refractivity contribution in [1.29, 1.82) is 0 Å². The van der Waals surface area contributed by atoms with Crippen LogP contribution in [-0.4, -0.2) is 6.16 Å². The lowest BCUT2D eigenvalue weighted by molar-refractivity contribution is 0.595. The molecular weight excluding hydrogens is 114 g/mol. The first-order chi connectivity index (χ1) is 2.77. The monoisotopic (exact) mass is 124 g/mol. The van der Waals surface area contributed by atoms with Crippen LogP contribution in [0.3, 0.4) is 0 Å². The number of rotatable bonds is 2. The Hall–Kier alpha value is 0.660. The minimum atomic E-state index is -1.22. The van der Waals surface area contributed by atoms with Gasteiger partial charge in [-0.25, -0.2) is 0 Å². The van der Waals surface area contributed by atoms with Gasteiger partial charge in [-0.3, -0.25) is 0 Å². The lowest BCUT2D eigenvalue weighted by Gasteiger charge is -1.82. The van der Waals surface area contributed by atoms with Crippen molar-refractivity contribution in [3.63, 3.8) is 0 Å². The van der Waals surface area contributed by atoms with Crippen molar-refractivity contribution in [2.24, 2.45) is 0 Å². The van der Waals surface area contributed by atoms with E-state index >= 15 is 0 Å². The van der Waals surface area contributed by atoms with Crippen molar-refractivity contribution in [2.75, 3.05) is 6.16 Å². The molecule has 0 N–H and O–H groups in total. The maximum Gasteiger partial charge on any atom is 0.0903 e. The van der Waals surface area contributed by atoms with Crippen LogP contribution in [0.5, 0.6) is 0 Å². The molecule has 0 amide bonds. The first-order valence-electron chi connectivity index (χ1n) is 2.05. The molecule has 0 radical (unpaired) electrons. The summed E-state index contributed by atoms with van der Waals surface area (Å²) in [7, 11) is 1.11. The molecule has 0 saturated heterocycles. The van der Waals surface area contributed by atoms with Crippen LogP contribution < -0.4 is 0 Å². The standard InChI is InChI=1S/C3H10OP2/c1-2-3-6(4)5/h6H,2-3,5H2,1H3. The summed E-state index contributed by atoms with van der Waals surface area (Å²) >= 11 is 0. The first-order valence-corrected chi connectivity index (χ1v) is 5.48. The van der Waals surface area contributed by atoms with Crippen molar-refractivity contribution < 1.29 is 4.57 Å². The van der Waals surface area contributed by atoms with Crippen molar-refractivity contribution in [1.82, 2.24) is 0 Å². The van der Waals surface area contributed by atoms with Crippen LogP contribution >= 0.6 is 16.4 Å². The van der Waals surface area contributed by atoms with Gasteiger partial charge in [-0.2, -0.15) is 0 Å². The highest BCUT2D eigenvalue weighted by Gasteiger charge is 1.81. The fraction of sp³-hybridized carbons (Fsp3) is 1.00. The molecule has 0 aliphatic carbocycles. The highest BCUT2D eigenvalue weighted by Crippen LogP contribution is 2.29. The fourth-order valence-electron chi connectivity index (χ4n) is 0.246. The summed E-state index contributed by atoms with van der Waals surface area (Å²) in [5.41, 5.74) is 0. The minimum absolute atomic E-state index is 0.884.